The molecule has 0 aliphatic rings. The second kappa shape index (κ2) is 4.45. The molecule has 2 aromatic rings. The number of rotatable bonds is 3. The molecule has 0 atom stereocenters. The molecule has 1 N–H and O–H groups in total. The van der Waals surface area contributed by atoms with Crippen LogP contribution in [-0.2, 0) is 17.4 Å². The van der Waals surface area contributed by atoms with E-state index in [1.807, 2.05) is 0 Å². The third kappa shape index (κ3) is 2.37. The van der Waals surface area contributed by atoms with Crippen LogP contribution in [0.2, 0.25) is 0 Å². The molecule has 0 bridgehead atoms. The summed E-state index contributed by atoms with van der Waals surface area (Å²) in [6.07, 6.45) is -5.52. The van der Waals surface area contributed by atoms with Gasteiger partial charge in [0.25, 0.3) is 0 Å². The summed E-state index contributed by atoms with van der Waals surface area (Å²) in [5, 5.41) is 13.3. The van der Waals surface area contributed by atoms with Crippen LogP contribution in [0.15, 0.2) is 22.0 Å². The van der Waals surface area contributed by atoms with Crippen molar-refractivity contribution < 1.29 is 27.6 Å². The third-order valence-corrected chi connectivity index (χ3v) is 3.00. The number of carbonyl (C=O) groups is 1. The molecule has 8 heteroatoms. The molecule has 0 radical (unpaired) electrons. The van der Waals surface area contributed by atoms with Crippen molar-refractivity contribution in [3.63, 3.8) is 0 Å². The molecule has 0 saturated heterocycles. The Hall–Kier alpha value is -1.83. The van der Waals surface area contributed by atoms with Crippen molar-refractivity contribution in [3.05, 3.63) is 28.8 Å². The van der Waals surface area contributed by atoms with Crippen LogP contribution in [0.25, 0.3) is 10.6 Å². The van der Waals surface area contributed by atoms with Crippen LogP contribution in [-0.4, -0.2) is 16.2 Å². The number of thiophene rings is 1. The van der Waals surface area contributed by atoms with Gasteiger partial charge >= 0.3 is 12.1 Å². The number of nitrogens with zero attached hydrogens (tertiary/aromatic N) is 1. The van der Waals surface area contributed by atoms with Gasteiger partial charge in [-0.1, -0.05) is 11.2 Å². The van der Waals surface area contributed by atoms with Crippen molar-refractivity contribution in [2.24, 2.45) is 0 Å². The van der Waals surface area contributed by atoms with Gasteiger partial charge in [0.1, 0.15) is 0 Å². The first-order valence-corrected chi connectivity index (χ1v) is 5.59. The highest BCUT2D eigenvalue weighted by atomic mass is 32.1. The van der Waals surface area contributed by atoms with Crippen LogP contribution >= 0.6 is 11.3 Å². The number of hydrogen-bond acceptors (Lipinski definition) is 4. The lowest BCUT2D eigenvalue weighted by atomic mass is 10.1. The number of carboxylic acids is 1. The van der Waals surface area contributed by atoms with Crippen molar-refractivity contribution in [1.82, 2.24) is 5.16 Å². The van der Waals surface area contributed by atoms with Crippen molar-refractivity contribution >= 4 is 17.3 Å². The fraction of sp³-hybridized carbons (Fsp3) is 0.200. The molecule has 18 heavy (non-hydrogen) atoms. The number of halogens is 3. The zero-order chi connectivity index (χ0) is 13.3. The van der Waals surface area contributed by atoms with Gasteiger partial charge in [-0.25, -0.2) is 0 Å². The van der Waals surface area contributed by atoms with Crippen LogP contribution in [0, 0.1) is 0 Å². The molecule has 0 aliphatic carbocycles. The lowest BCUT2D eigenvalue weighted by Gasteiger charge is -2.03. The highest BCUT2D eigenvalue weighted by Gasteiger charge is 2.40. The minimum atomic E-state index is -4.73. The van der Waals surface area contributed by atoms with Gasteiger partial charge in [0, 0.05) is 5.56 Å². The Bertz CT molecular complexity index is 559. The fourth-order valence-electron chi connectivity index (χ4n) is 1.45. The van der Waals surface area contributed by atoms with E-state index < -0.39 is 29.8 Å². The molecule has 0 fully saturated rings. The Balaban J connectivity index is 2.54. The standard InChI is InChI=1S/C10H6F3NO3S/c11-10(12,13)9-5(4-7(15)16)8(17-14-9)6-2-1-3-18-6/h1-3H,4H2,(H,15,16). The highest BCUT2D eigenvalue weighted by molar-refractivity contribution is 7.13. The molecule has 0 spiro atoms. The first-order chi connectivity index (χ1) is 8.39. The molecular weight excluding hydrogens is 271 g/mol. The van der Waals surface area contributed by atoms with E-state index in [9.17, 15) is 18.0 Å². The van der Waals surface area contributed by atoms with Gasteiger partial charge in [0.2, 0.25) is 0 Å². The Morgan fingerprint density at radius 2 is 2.22 bits per heavy atom. The minimum absolute atomic E-state index is 0.139. The summed E-state index contributed by atoms with van der Waals surface area (Å²) in [5.74, 6) is -1.51. The Morgan fingerprint density at radius 1 is 1.50 bits per heavy atom. The number of aliphatic carboxylic acids is 1. The quantitative estimate of drug-likeness (QED) is 0.936. The van der Waals surface area contributed by atoms with Crippen LogP contribution in [0.4, 0.5) is 13.2 Å². The normalized spacial score (nSPS) is 11.7. The molecule has 0 unspecified atom stereocenters. The SMILES string of the molecule is O=C(O)Cc1c(C(F)(F)F)noc1-c1cccs1. The number of alkyl halides is 3. The Kier molecular flexibility index (Phi) is 3.12. The van der Waals surface area contributed by atoms with E-state index in [0.29, 0.717) is 4.88 Å². The van der Waals surface area contributed by atoms with Gasteiger partial charge < -0.3 is 9.63 Å². The van der Waals surface area contributed by atoms with Crippen LogP contribution in [0.1, 0.15) is 11.3 Å². The maximum Gasteiger partial charge on any atom is 0.437 e. The van der Waals surface area contributed by atoms with Gasteiger partial charge in [-0.3, -0.25) is 4.79 Å². The molecule has 0 aromatic carbocycles. The minimum Gasteiger partial charge on any atom is -0.481 e. The zero-order valence-electron chi connectivity index (χ0n) is 8.69. The molecule has 4 nitrogen and oxygen atoms in total. The lowest BCUT2D eigenvalue weighted by Crippen LogP contribution is -2.11. The van der Waals surface area contributed by atoms with Gasteiger partial charge in [0.05, 0.1) is 11.3 Å². The third-order valence-electron chi connectivity index (χ3n) is 2.13. The summed E-state index contributed by atoms with van der Waals surface area (Å²) < 4.78 is 42.6. The predicted octanol–water partition coefficient (Wildman–Crippen LogP) is 3.05. The summed E-state index contributed by atoms with van der Waals surface area (Å²) in [4.78, 5) is 11.0. The fourth-order valence-corrected chi connectivity index (χ4v) is 2.18. The maximum atomic E-state index is 12.6. The van der Waals surface area contributed by atoms with E-state index in [-0.39, 0.29) is 5.76 Å². The maximum absolute atomic E-state index is 12.6. The van der Waals surface area contributed by atoms with Crippen molar-refractivity contribution in [2.45, 2.75) is 12.6 Å². The molecule has 0 saturated carbocycles. The summed E-state index contributed by atoms with van der Waals surface area (Å²) in [6, 6.07) is 3.16. The molecule has 96 valence electrons. The molecule has 2 aromatic heterocycles. The van der Waals surface area contributed by atoms with Crippen molar-refractivity contribution in [2.75, 3.05) is 0 Å². The van der Waals surface area contributed by atoms with Gasteiger partial charge in [-0.2, -0.15) is 13.2 Å². The zero-order valence-corrected chi connectivity index (χ0v) is 9.51. The van der Waals surface area contributed by atoms with E-state index in [1.54, 1.807) is 11.4 Å². The molecule has 2 heterocycles. The van der Waals surface area contributed by atoms with Crippen LogP contribution in [0.5, 0.6) is 0 Å². The van der Waals surface area contributed by atoms with Gasteiger partial charge in [-0.15, -0.1) is 11.3 Å². The number of aromatic nitrogens is 1. The molecular formula is C10H6F3NO3S. The molecule has 0 aliphatic heterocycles. The highest BCUT2D eigenvalue weighted by Crippen LogP contribution is 2.37. The van der Waals surface area contributed by atoms with E-state index in [0.717, 1.165) is 11.3 Å². The number of carboxylic acid groups (broad SMARTS) is 1. The van der Waals surface area contributed by atoms with E-state index in [2.05, 4.69) is 9.68 Å². The summed E-state index contributed by atoms with van der Waals surface area (Å²) in [6.45, 7) is 0. The Labute approximate surface area is 103 Å². The smallest absolute Gasteiger partial charge is 0.437 e. The first-order valence-electron chi connectivity index (χ1n) is 4.71. The predicted molar refractivity (Wildman–Crippen MR) is 56.2 cm³/mol. The van der Waals surface area contributed by atoms with Crippen LogP contribution < -0.4 is 0 Å². The van der Waals surface area contributed by atoms with Gasteiger partial charge in [-0.05, 0) is 11.4 Å². The topological polar surface area (TPSA) is 63.3 Å². The average molecular weight is 277 g/mol. The van der Waals surface area contributed by atoms with E-state index in [1.165, 1.54) is 6.07 Å². The second-order valence-corrected chi connectivity index (χ2v) is 4.33. The average Bonchev–Trinajstić information content (AvgIpc) is 2.81. The van der Waals surface area contributed by atoms with Crippen molar-refractivity contribution in [1.29, 1.82) is 0 Å². The second-order valence-electron chi connectivity index (χ2n) is 3.38. The van der Waals surface area contributed by atoms with Gasteiger partial charge in [0.15, 0.2) is 11.5 Å². The largest absolute Gasteiger partial charge is 0.481 e. The van der Waals surface area contributed by atoms with Crippen molar-refractivity contribution in [3.8, 4) is 10.6 Å². The molecule has 2 rings (SSSR count). The monoisotopic (exact) mass is 277 g/mol. The summed E-state index contributed by atoms with van der Waals surface area (Å²) >= 11 is 1.15. The summed E-state index contributed by atoms with van der Waals surface area (Å²) in [7, 11) is 0. The first kappa shape index (κ1) is 12.6. The van der Waals surface area contributed by atoms with Crippen LogP contribution in [0.3, 0.4) is 0 Å². The van der Waals surface area contributed by atoms with E-state index in [4.69, 9.17) is 5.11 Å². The lowest BCUT2D eigenvalue weighted by molar-refractivity contribution is -0.143. The molecule has 0 amide bonds. The number of hydrogen-bond donors (Lipinski definition) is 1. The summed E-state index contributed by atoms with van der Waals surface area (Å²) in [5.41, 5.74) is -1.73. The van der Waals surface area contributed by atoms with E-state index >= 15 is 0 Å². The Morgan fingerprint density at radius 3 is 2.72 bits per heavy atom.